The molecule has 0 spiro atoms. The second-order valence-corrected chi connectivity index (χ2v) is 11.5. The summed E-state index contributed by atoms with van der Waals surface area (Å²) in [6.45, 7) is 0. The molecule has 0 bridgehead atoms. The lowest BCUT2D eigenvalue weighted by Gasteiger charge is -2.15. The van der Waals surface area contributed by atoms with Crippen LogP contribution in [-0.4, -0.2) is 0 Å². The van der Waals surface area contributed by atoms with Crippen LogP contribution in [0.3, 0.4) is 0 Å². The van der Waals surface area contributed by atoms with Gasteiger partial charge in [-0.05, 0) is 57.1 Å². The van der Waals surface area contributed by atoms with Gasteiger partial charge in [-0.2, -0.15) is 10.5 Å². The van der Waals surface area contributed by atoms with Crippen LogP contribution >= 0.6 is 0 Å². The van der Waals surface area contributed by atoms with Gasteiger partial charge in [-0.3, -0.25) is 0 Å². The molecule has 218 valence electrons. The Morgan fingerprint density at radius 1 is 0.362 bits per heavy atom. The summed E-state index contributed by atoms with van der Waals surface area (Å²) in [5, 5.41) is 22.3. The molecule has 0 saturated heterocycles. The molecule has 0 saturated carbocycles. The van der Waals surface area contributed by atoms with E-state index in [0.29, 0.717) is 22.3 Å². The molecular formula is C44H26N2O. The van der Waals surface area contributed by atoms with Gasteiger partial charge in [0.2, 0.25) is 0 Å². The van der Waals surface area contributed by atoms with E-state index in [1.54, 1.807) is 6.07 Å². The van der Waals surface area contributed by atoms with Crippen LogP contribution in [0.25, 0.3) is 77.6 Å². The Hall–Kier alpha value is -6.68. The molecule has 0 aliphatic heterocycles. The van der Waals surface area contributed by atoms with E-state index < -0.39 is 0 Å². The number of hydrogen-bond donors (Lipinski definition) is 0. The largest absolute Gasteiger partial charge is 0.454 e. The first-order chi connectivity index (χ1) is 23.2. The lowest BCUT2D eigenvalue weighted by Crippen LogP contribution is -1.93. The predicted molar refractivity (Wildman–Crippen MR) is 190 cm³/mol. The first-order valence-corrected chi connectivity index (χ1v) is 15.5. The first kappa shape index (κ1) is 27.8. The highest BCUT2D eigenvalue weighted by molar-refractivity contribution is 6.11. The van der Waals surface area contributed by atoms with E-state index in [9.17, 15) is 10.5 Å². The number of rotatable bonds is 5. The van der Waals surface area contributed by atoms with E-state index in [-0.39, 0.29) is 0 Å². The Morgan fingerprint density at radius 2 is 0.830 bits per heavy atom. The van der Waals surface area contributed by atoms with E-state index in [2.05, 4.69) is 97.1 Å². The summed E-state index contributed by atoms with van der Waals surface area (Å²) >= 11 is 0. The highest BCUT2D eigenvalue weighted by Gasteiger charge is 2.19. The molecule has 3 heteroatoms. The van der Waals surface area contributed by atoms with Crippen molar-refractivity contribution in [1.29, 1.82) is 10.5 Å². The SMILES string of the molecule is N#Cc1c(-c2ccc(-c3ccccc3)cc2)cc(-c2cccc3c2oc2c(C#N)cccc23)cc1-c1ccc(-c2ccccc2)cc1. The average Bonchev–Trinajstić information content (AvgIpc) is 3.54. The molecule has 8 rings (SSSR count). The molecule has 0 atom stereocenters. The zero-order valence-corrected chi connectivity index (χ0v) is 25.3. The zero-order chi connectivity index (χ0) is 31.7. The molecule has 8 aromatic rings. The molecule has 0 unspecified atom stereocenters. The van der Waals surface area contributed by atoms with Crippen LogP contribution in [-0.2, 0) is 0 Å². The molecule has 7 aromatic carbocycles. The van der Waals surface area contributed by atoms with Gasteiger partial charge in [-0.25, -0.2) is 0 Å². The summed E-state index contributed by atoms with van der Waals surface area (Å²) < 4.78 is 6.45. The maximum Gasteiger partial charge on any atom is 0.153 e. The Morgan fingerprint density at radius 3 is 1.34 bits per heavy atom. The van der Waals surface area contributed by atoms with E-state index in [4.69, 9.17) is 4.42 Å². The van der Waals surface area contributed by atoms with E-state index >= 15 is 0 Å². The van der Waals surface area contributed by atoms with E-state index in [1.807, 2.05) is 66.7 Å². The van der Waals surface area contributed by atoms with Crippen molar-refractivity contribution in [2.45, 2.75) is 0 Å². The highest BCUT2D eigenvalue weighted by atomic mass is 16.3. The third-order valence-electron chi connectivity index (χ3n) is 8.81. The number of benzene rings is 7. The second-order valence-electron chi connectivity index (χ2n) is 11.5. The van der Waals surface area contributed by atoms with Gasteiger partial charge in [0.05, 0.1) is 11.1 Å². The summed E-state index contributed by atoms with van der Waals surface area (Å²) in [7, 11) is 0. The Bertz CT molecular complexity index is 2390. The predicted octanol–water partition coefficient (Wildman–Crippen LogP) is 11.7. The van der Waals surface area contributed by atoms with Crippen molar-refractivity contribution >= 4 is 21.9 Å². The minimum Gasteiger partial charge on any atom is -0.454 e. The van der Waals surface area contributed by atoms with Gasteiger partial charge in [0.15, 0.2) is 5.58 Å². The third kappa shape index (κ3) is 4.94. The molecule has 1 heterocycles. The quantitative estimate of drug-likeness (QED) is 0.198. The van der Waals surface area contributed by atoms with Gasteiger partial charge >= 0.3 is 0 Å². The van der Waals surface area contributed by atoms with Crippen LogP contribution in [0.2, 0.25) is 0 Å². The maximum absolute atomic E-state index is 10.7. The minimum absolute atomic E-state index is 0.503. The fourth-order valence-corrected chi connectivity index (χ4v) is 6.45. The molecule has 0 amide bonds. The molecule has 0 N–H and O–H groups in total. The van der Waals surface area contributed by atoms with Gasteiger partial charge in [0.1, 0.15) is 17.7 Å². The normalized spacial score (nSPS) is 10.9. The maximum atomic E-state index is 10.7. The van der Waals surface area contributed by atoms with Crippen LogP contribution in [0.4, 0.5) is 0 Å². The Kier molecular flexibility index (Phi) is 6.92. The molecule has 0 fully saturated rings. The summed E-state index contributed by atoms with van der Waals surface area (Å²) in [6, 6.07) is 58.1. The Balaban J connectivity index is 1.35. The van der Waals surface area contributed by atoms with Crippen LogP contribution in [0.5, 0.6) is 0 Å². The number of furan rings is 1. The number of para-hydroxylation sites is 2. The van der Waals surface area contributed by atoms with Crippen molar-refractivity contribution in [3.63, 3.8) is 0 Å². The van der Waals surface area contributed by atoms with Gasteiger partial charge in [-0.15, -0.1) is 0 Å². The molecule has 0 aliphatic rings. The summed E-state index contributed by atoms with van der Waals surface area (Å²) in [5.41, 5.74) is 12.3. The van der Waals surface area contributed by atoms with E-state index in [1.165, 1.54) is 0 Å². The fraction of sp³-hybridized carbons (Fsp3) is 0. The molecular weight excluding hydrogens is 572 g/mol. The highest BCUT2D eigenvalue weighted by Crippen LogP contribution is 2.42. The first-order valence-electron chi connectivity index (χ1n) is 15.5. The monoisotopic (exact) mass is 598 g/mol. The van der Waals surface area contributed by atoms with Crippen LogP contribution in [0, 0.1) is 22.7 Å². The van der Waals surface area contributed by atoms with Gasteiger partial charge < -0.3 is 4.42 Å². The third-order valence-corrected chi connectivity index (χ3v) is 8.81. The summed E-state index contributed by atoms with van der Waals surface area (Å²) in [5.74, 6) is 0. The molecule has 3 nitrogen and oxygen atoms in total. The van der Waals surface area contributed by atoms with Gasteiger partial charge in [-0.1, -0.05) is 140 Å². The van der Waals surface area contributed by atoms with Crippen molar-refractivity contribution in [3.05, 3.63) is 169 Å². The summed E-state index contributed by atoms with van der Waals surface area (Å²) in [4.78, 5) is 0. The van der Waals surface area contributed by atoms with Crippen molar-refractivity contribution in [2.24, 2.45) is 0 Å². The smallest absolute Gasteiger partial charge is 0.153 e. The molecule has 0 radical (unpaired) electrons. The van der Waals surface area contributed by atoms with Crippen LogP contribution < -0.4 is 0 Å². The van der Waals surface area contributed by atoms with Crippen LogP contribution in [0.15, 0.2) is 162 Å². The molecule has 0 aliphatic carbocycles. The number of hydrogen-bond acceptors (Lipinski definition) is 3. The van der Waals surface area contributed by atoms with Gasteiger partial charge in [0, 0.05) is 27.5 Å². The van der Waals surface area contributed by atoms with Crippen molar-refractivity contribution in [2.75, 3.05) is 0 Å². The zero-order valence-electron chi connectivity index (χ0n) is 25.3. The lowest BCUT2D eigenvalue weighted by atomic mass is 9.87. The van der Waals surface area contributed by atoms with Gasteiger partial charge in [0.25, 0.3) is 0 Å². The number of nitrogens with zero attached hydrogens (tertiary/aromatic N) is 2. The van der Waals surface area contributed by atoms with Crippen molar-refractivity contribution in [3.8, 4) is 67.8 Å². The number of nitriles is 2. The Labute approximate surface area is 272 Å². The molecule has 47 heavy (non-hydrogen) atoms. The van der Waals surface area contributed by atoms with Crippen molar-refractivity contribution in [1.82, 2.24) is 0 Å². The lowest BCUT2D eigenvalue weighted by molar-refractivity contribution is 0.668. The fourth-order valence-electron chi connectivity index (χ4n) is 6.45. The summed E-state index contributed by atoms with van der Waals surface area (Å²) in [6.07, 6.45) is 0. The second kappa shape index (κ2) is 11.7. The average molecular weight is 599 g/mol. The standard InChI is InChI=1S/C44H26N2O/c45-27-35-13-7-15-38-39-16-8-14-37(44(39)47-43(35)38)36-25-40(33-21-17-31(18-22-33)29-9-3-1-4-10-29)42(28-46)41(26-36)34-23-19-32(20-24-34)30-11-5-2-6-12-30/h1-26H. The topological polar surface area (TPSA) is 60.7 Å². The van der Waals surface area contributed by atoms with Crippen molar-refractivity contribution < 1.29 is 4.42 Å². The minimum atomic E-state index is 0.503. The van der Waals surface area contributed by atoms with Crippen LogP contribution in [0.1, 0.15) is 11.1 Å². The molecule has 1 aromatic heterocycles. The number of fused-ring (bicyclic) bond motifs is 3. The van der Waals surface area contributed by atoms with E-state index in [0.717, 1.165) is 66.4 Å².